The van der Waals surface area contributed by atoms with Crippen LogP contribution in [0.2, 0.25) is 0 Å². The maximum atomic E-state index is 11.8. The molecule has 1 aliphatic rings. The molecule has 9 heteroatoms. The first-order valence-corrected chi connectivity index (χ1v) is 5.67. The molecule has 1 heterocycles. The summed E-state index contributed by atoms with van der Waals surface area (Å²) in [6.45, 7) is 0.691. The number of amides is 3. The molecule has 0 bridgehead atoms. The molecule has 0 aromatic rings. The average Bonchev–Trinajstić information content (AvgIpc) is 2.52. The Kier molecular flexibility index (Phi) is 5.10. The number of urea groups is 1. The van der Waals surface area contributed by atoms with Gasteiger partial charge >= 0.3 is 18.0 Å². The summed E-state index contributed by atoms with van der Waals surface area (Å²) in [7, 11) is 0. The van der Waals surface area contributed by atoms with Crippen molar-refractivity contribution < 1.29 is 29.4 Å². The number of nitrogens with one attached hydrogen (secondary N) is 2. The molecule has 1 atom stereocenters. The fourth-order valence-electron chi connectivity index (χ4n) is 1.59. The van der Waals surface area contributed by atoms with Crippen molar-refractivity contribution in [1.82, 2.24) is 15.5 Å². The van der Waals surface area contributed by atoms with E-state index in [1.54, 1.807) is 0 Å². The zero-order chi connectivity index (χ0) is 14.4. The molecular weight excluding hydrogens is 258 g/mol. The van der Waals surface area contributed by atoms with Crippen LogP contribution < -0.4 is 10.6 Å². The van der Waals surface area contributed by atoms with Crippen LogP contribution in [-0.4, -0.2) is 64.7 Å². The molecule has 0 saturated carbocycles. The SMILES string of the molecule is O=C(O)C[C@@H](NC(=O)N1CCNC(=O)CC1)C(=O)O. The van der Waals surface area contributed by atoms with Gasteiger partial charge in [-0.25, -0.2) is 9.59 Å². The summed E-state index contributed by atoms with van der Waals surface area (Å²) in [5.41, 5.74) is 0. The zero-order valence-corrected chi connectivity index (χ0v) is 10.1. The van der Waals surface area contributed by atoms with Gasteiger partial charge in [0.2, 0.25) is 5.91 Å². The number of carboxylic acids is 2. The molecule has 3 amide bonds. The van der Waals surface area contributed by atoms with Crippen molar-refractivity contribution in [3.63, 3.8) is 0 Å². The highest BCUT2D eigenvalue weighted by Gasteiger charge is 2.26. The molecule has 0 aliphatic carbocycles. The van der Waals surface area contributed by atoms with E-state index in [4.69, 9.17) is 10.2 Å². The number of carbonyl (C=O) groups is 4. The van der Waals surface area contributed by atoms with E-state index < -0.39 is 30.4 Å². The highest BCUT2D eigenvalue weighted by atomic mass is 16.4. The second-order valence-electron chi connectivity index (χ2n) is 4.03. The smallest absolute Gasteiger partial charge is 0.326 e. The van der Waals surface area contributed by atoms with Gasteiger partial charge in [-0.15, -0.1) is 0 Å². The highest BCUT2D eigenvalue weighted by Crippen LogP contribution is 2.00. The summed E-state index contributed by atoms with van der Waals surface area (Å²) >= 11 is 0. The Labute approximate surface area is 108 Å². The number of hydrogen-bond donors (Lipinski definition) is 4. The third-order valence-electron chi connectivity index (χ3n) is 2.57. The monoisotopic (exact) mass is 273 g/mol. The molecule has 0 aromatic carbocycles. The van der Waals surface area contributed by atoms with Crippen molar-refractivity contribution in [2.75, 3.05) is 19.6 Å². The van der Waals surface area contributed by atoms with E-state index in [1.165, 1.54) is 4.90 Å². The largest absolute Gasteiger partial charge is 0.481 e. The second-order valence-corrected chi connectivity index (χ2v) is 4.03. The number of aliphatic carboxylic acids is 2. The lowest BCUT2D eigenvalue weighted by atomic mass is 10.2. The molecular formula is C10H15N3O6. The minimum Gasteiger partial charge on any atom is -0.481 e. The van der Waals surface area contributed by atoms with Gasteiger partial charge in [-0.2, -0.15) is 0 Å². The number of hydrogen-bond acceptors (Lipinski definition) is 4. The van der Waals surface area contributed by atoms with Gasteiger partial charge in [0.25, 0.3) is 0 Å². The molecule has 1 saturated heterocycles. The van der Waals surface area contributed by atoms with Crippen molar-refractivity contribution in [3.05, 3.63) is 0 Å². The molecule has 1 aliphatic heterocycles. The summed E-state index contributed by atoms with van der Waals surface area (Å²) < 4.78 is 0. The van der Waals surface area contributed by atoms with Crippen molar-refractivity contribution in [3.8, 4) is 0 Å². The van der Waals surface area contributed by atoms with E-state index in [0.717, 1.165) is 0 Å². The number of nitrogens with zero attached hydrogens (tertiary/aromatic N) is 1. The summed E-state index contributed by atoms with van der Waals surface area (Å²) in [4.78, 5) is 45.4. The second kappa shape index (κ2) is 6.57. The van der Waals surface area contributed by atoms with E-state index in [2.05, 4.69) is 10.6 Å². The molecule has 0 radical (unpaired) electrons. The summed E-state index contributed by atoms with van der Waals surface area (Å²) in [6, 6.07) is -2.18. The highest BCUT2D eigenvalue weighted by molar-refractivity contribution is 5.86. The Bertz CT molecular complexity index is 397. The molecule has 0 aromatic heterocycles. The first-order chi connectivity index (χ1) is 8.90. The third kappa shape index (κ3) is 4.82. The normalized spacial score (nSPS) is 17.1. The minimum atomic E-state index is -1.49. The molecule has 0 unspecified atom stereocenters. The summed E-state index contributed by atoms with van der Waals surface area (Å²) in [6.07, 6.45) is -0.573. The Morgan fingerprint density at radius 3 is 2.58 bits per heavy atom. The van der Waals surface area contributed by atoms with E-state index >= 15 is 0 Å². The molecule has 1 rings (SSSR count). The Morgan fingerprint density at radius 2 is 2.00 bits per heavy atom. The number of carboxylic acid groups (broad SMARTS) is 2. The van der Waals surface area contributed by atoms with Crippen molar-refractivity contribution >= 4 is 23.9 Å². The Hall–Kier alpha value is -2.32. The summed E-state index contributed by atoms with van der Waals surface area (Å²) in [5.74, 6) is -2.92. The van der Waals surface area contributed by atoms with Gasteiger partial charge in [0.15, 0.2) is 0 Å². The Balaban J connectivity index is 2.58. The van der Waals surface area contributed by atoms with E-state index in [-0.39, 0.29) is 32.0 Å². The van der Waals surface area contributed by atoms with Crippen LogP contribution in [0, 0.1) is 0 Å². The van der Waals surface area contributed by atoms with E-state index in [9.17, 15) is 19.2 Å². The minimum absolute atomic E-state index is 0.129. The van der Waals surface area contributed by atoms with Crippen LogP contribution in [0.1, 0.15) is 12.8 Å². The van der Waals surface area contributed by atoms with E-state index in [1.807, 2.05) is 0 Å². The lowest BCUT2D eigenvalue weighted by Crippen LogP contribution is -2.49. The van der Waals surface area contributed by atoms with Crippen LogP contribution in [0.25, 0.3) is 0 Å². The van der Waals surface area contributed by atoms with Crippen LogP contribution in [0.3, 0.4) is 0 Å². The van der Waals surface area contributed by atoms with Crippen molar-refractivity contribution in [2.24, 2.45) is 0 Å². The average molecular weight is 273 g/mol. The van der Waals surface area contributed by atoms with Crippen molar-refractivity contribution in [2.45, 2.75) is 18.9 Å². The predicted molar refractivity (Wildman–Crippen MR) is 61.4 cm³/mol. The van der Waals surface area contributed by atoms with Gasteiger partial charge in [0.05, 0.1) is 6.42 Å². The van der Waals surface area contributed by atoms with Gasteiger partial charge in [0, 0.05) is 26.1 Å². The lowest BCUT2D eigenvalue weighted by molar-refractivity contribution is -0.145. The first-order valence-electron chi connectivity index (χ1n) is 5.67. The van der Waals surface area contributed by atoms with Crippen LogP contribution in [-0.2, 0) is 14.4 Å². The maximum absolute atomic E-state index is 11.8. The van der Waals surface area contributed by atoms with Crippen LogP contribution in [0.4, 0.5) is 4.79 Å². The van der Waals surface area contributed by atoms with Crippen LogP contribution in [0.15, 0.2) is 0 Å². The first kappa shape index (κ1) is 14.7. The number of rotatable bonds is 4. The zero-order valence-electron chi connectivity index (χ0n) is 10.1. The molecule has 106 valence electrons. The van der Waals surface area contributed by atoms with Crippen molar-refractivity contribution in [1.29, 1.82) is 0 Å². The number of carbonyl (C=O) groups excluding carboxylic acids is 2. The topological polar surface area (TPSA) is 136 Å². The molecule has 1 fully saturated rings. The van der Waals surface area contributed by atoms with Gasteiger partial charge in [-0.3, -0.25) is 9.59 Å². The van der Waals surface area contributed by atoms with Gasteiger partial charge in [-0.1, -0.05) is 0 Å². The quantitative estimate of drug-likeness (QED) is 0.489. The molecule has 4 N–H and O–H groups in total. The Morgan fingerprint density at radius 1 is 1.32 bits per heavy atom. The maximum Gasteiger partial charge on any atom is 0.326 e. The van der Waals surface area contributed by atoms with E-state index in [0.29, 0.717) is 0 Å². The van der Waals surface area contributed by atoms with Crippen LogP contribution in [0.5, 0.6) is 0 Å². The molecule has 9 nitrogen and oxygen atoms in total. The standard InChI is InChI=1S/C10H15N3O6/c14-7-1-3-13(4-2-11-7)10(19)12-6(9(17)18)5-8(15)16/h6H,1-5H2,(H,11,14)(H,12,19)(H,15,16)(H,17,18)/t6-/m1/s1. The van der Waals surface area contributed by atoms with Crippen LogP contribution >= 0.6 is 0 Å². The van der Waals surface area contributed by atoms with Gasteiger partial charge in [0.1, 0.15) is 6.04 Å². The van der Waals surface area contributed by atoms with Gasteiger partial charge in [-0.05, 0) is 0 Å². The fourth-order valence-corrected chi connectivity index (χ4v) is 1.59. The summed E-state index contributed by atoms with van der Waals surface area (Å²) in [5, 5.41) is 22.1. The third-order valence-corrected chi connectivity index (χ3v) is 2.57. The molecule has 0 spiro atoms. The lowest BCUT2D eigenvalue weighted by Gasteiger charge is -2.22. The predicted octanol–water partition coefficient (Wildman–Crippen LogP) is -1.55. The molecule has 19 heavy (non-hydrogen) atoms. The van der Waals surface area contributed by atoms with Gasteiger partial charge < -0.3 is 25.7 Å². The fraction of sp³-hybridized carbons (Fsp3) is 0.600.